The Kier molecular flexibility index (Phi) is 6.06. The summed E-state index contributed by atoms with van der Waals surface area (Å²) in [6.45, 7) is 9.13. The smallest absolute Gasteiger partial charge is 0.220 e. The van der Waals surface area contributed by atoms with Gasteiger partial charge >= 0.3 is 0 Å². The van der Waals surface area contributed by atoms with Gasteiger partial charge in [0.05, 0.1) is 11.6 Å². The molecule has 1 atom stereocenters. The van der Waals surface area contributed by atoms with E-state index in [4.69, 9.17) is 4.74 Å². The minimum absolute atomic E-state index is 0.0966. The summed E-state index contributed by atoms with van der Waals surface area (Å²) in [4.78, 5) is 11.9. The van der Waals surface area contributed by atoms with Crippen molar-refractivity contribution in [3.8, 4) is 5.75 Å². The highest BCUT2D eigenvalue weighted by Gasteiger charge is 2.22. The highest BCUT2D eigenvalue weighted by Crippen LogP contribution is 2.28. The number of halogens is 1. The number of ether oxygens (including phenoxy) is 1. The molecule has 112 valence electrons. The van der Waals surface area contributed by atoms with E-state index in [1.54, 1.807) is 7.11 Å². The van der Waals surface area contributed by atoms with Crippen LogP contribution in [0.4, 0.5) is 0 Å². The minimum atomic E-state index is 0.0966. The number of hydrogen-bond donors (Lipinski definition) is 1. The van der Waals surface area contributed by atoms with Crippen LogP contribution in [0.5, 0.6) is 5.75 Å². The van der Waals surface area contributed by atoms with Gasteiger partial charge in [0.1, 0.15) is 5.75 Å². The number of carbonyl (C=O) groups excluding carboxylic acids is 1. The van der Waals surface area contributed by atoms with E-state index in [1.165, 1.54) is 0 Å². The van der Waals surface area contributed by atoms with Gasteiger partial charge in [-0.3, -0.25) is 4.79 Å². The zero-order valence-corrected chi connectivity index (χ0v) is 14.5. The molecule has 1 amide bonds. The van der Waals surface area contributed by atoms with Gasteiger partial charge in [-0.05, 0) is 45.0 Å². The third kappa shape index (κ3) is 5.16. The zero-order chi connectivity index (χ0) is 15.3. The molecule has 1 N–H and O–H groups in total. The van der Waals surface area contributed by atoms with Crippen molar-refractivity contribution in [3.63, 3.8) is 0 Å². The fourth-order valence-corrected chi connectivity index (χ4v) is 2.27. The van der Waals surface area contributed by atoms with Gasteiger partial charge < -0.3 is 10.1 Å². The SMILES string of the molecule is COc1ccc(CNC(=O)CC(C)C(C)(C)C)cc1Br. The van der Waals surface area contributed by atoms with Gasteiger partial charge in [-0.25, -0.2) is 0 Å². The standard InChI is InChI=1S/C16H24BrNO2/c1-11(16(2,3)4)8-15(19)18-10-12-6-7-14(20-5)13(17)9-12/h6-7,9,11H,8,10H2,1-5H3,(H,18,19). The van der Waals surface area contributed by atoms with Crippen LogP contribution in [0.3, 0.4) is 0 Å². The number of methoxy groups -OCH3 is 1. The molecule has 0 fully saturated rings. The molecular formula is C16H24BrNO2. The molecule has 20 heavy (non-hydrogen) atoms. The molecule has 0 spiro atoms. The van der Waals surface area contributed by atoms with Crippen LogP contribution in [-0.4, -0.2) is 13.0 Å². The Morgan fingerprint density at radius 3 is 2.55 bits per heavy atom. The molecule has 0 bridgehead atoms. The minimum Gasteiger partial charge on any atom is -0.496 e. The third-order valence-corrected chi connectivity index (χ3v) is 4.30. The Morgan fingerprint density at radius 2 is 2.05 bits per heavy atom. The van der Waals surface area contributed by atoms with E-state index in [1.807, 2.05) is 18.2 Å². The molecule has 0 aromatic heterocycles. The molecular weight excluding hydrogens is 318 g/mol. The quantitative estimate of drug-likeness (QED) is 0.873. The molecule has 1 aromatic carbocycles. The van der Waals surface area contributed by atoms with Gasteiger partial charge in [0.25, 0.3) is 0 Å². The van der Waals surface area contributed by atoms with Crippen LogP contribution in [-0.2, 0) is 11.3 Å². The summed E-state index contributed by atoms with van der Waals surface area (Å²) in [7, 11) is 1.63. The van der Waals surface area contributed by atoms with Crippen LogP contribution < -0.4 is 10.1 Å². The number of amides is 1. The Morgan fingerprint density at radius 1 is 1.40 bits per heavy atom. The van der Waals surface area contributed by atoms with Crippen molar-refractivity contribution < 1.29 is 9.53 Å². The number of nitrogens with one attached hydrogen (secondary N) is 1. The van der Waals surface area contributed by atoms with Crippen molar-refractivity contribution in [1.82, 2.24) is 5.32 Å². The van der Waals surface area contributed by atoms with Crippen molar-refractivity contribution in [3.05, 3.63) is 28.2 Å². The number of carbonyl (C=O) groups is 1. The maximum absolute atomic E-state index is 11.9. The first-order valence-corrected chi connectivity index (χ1v) is 7.62. The van der Waals surface area contributed by atoms with Crippen LogP contribution >= 0.6 is 15.9 Å². The summed E-state index contributed by atoms with van der Waals surface area (Å²) in [6, 6.07) is 5.81. The van der Waals surface area contributed by atoms with Gasteiger partial charge in [0, 0.05) is 13.0 Å². The van der Waals surface area contributed by atoms with Crippen molar-refractivity contribution in [2.24, 2.45) is 11.3 Å². The lowest BCUT2D eigenvalue weighted by Gasteiger charge is -2.26. The predicted molar refractivity (Wildman–Crippen MR) is 85.8 cm³/mol. The first kappa shape index (κ1) is 17.0. The van der Waals surface area contributed by atoms with E-state index in [-0.39, 0.29) is 11.3 Å². The van der Waals surface area contributed by atoms with E-state index >= 15 is 0 Å². The van der Waals surface area contributed by atoms with Gasteiger partial charge in [-0.2, -0.15) is 0 Å². The zero-order valence-electron chi connectivity index (χ0n) is 12.9. The Hall–Kier alpha value is -1.03. The maximum Gasteiger partial charge on any atom is 0.220 e. The lowest BCUT2D eigenvalue weighted by molar-refractivity contribution is -0.122. The molecule has 0 aliphatic heterocycles. The second kappa shape index (κ2) is 7.11. The molecule has 1 unspecified atom stereocenters. The Bertz CT molecular complexity index is 466. The summed E-state index contributed by atoms with van der Waals surface area (Å²) in [5, 5.41) is 2.97. The Labute approximate surface area is 130 Å². The Balaban J connectivity index is 2.51. The highest BCUT2D eigenvalue weighted by atomic mass is 79.9. The number of rotatable bonds is 5. The topological polar surface area (TPSA) is 38.3 Å². The van der Waals surface area contributed by atoms with E-state index in [2.05, 4.69) is 48.9 Å². The lowest BCUT2D eigenvalue weighted by atomic mass is 9.80. The van der Waals surface area contributed by atoms with Crippen LogP contribution in [0, 0.1) is 11.3 Å². The normalized spacial score (nSPS) is 12.9. The first-order chi connectivity index (χ1) is 9.24. The molecule has 4 heteroatoms. The summed E-state index contributed by atoms with van der Waals surface area (Å²) in [5.74, 6) is 1.24. The molecule has 1 aromatic rings. The van der Waals surface area contributed by atoms with Crippen LogP contribution in [0.1, 0.15) is 39.7 Å². The van der Waals surface area contributed by atoms with E-state index in [0.29, 0.717) is 18.9 Å². The lowest BCUT2D eigenvalue weighted by Crippen LogP contribution is -2.28. The molecule has 0 aliphatic carbocycles. The molecule has 1 rings (SSSR count). The molecule has 3 nitrogen and oxygen atoms in total. The second-order valence-electron chi connectivity index (χ2n) is 6.22. The molecule has 0 heterocycles. The maximum atomic E-state index is 11.9. The van der Waals surface area contributed by atoms with Crippen LogP contribution in [0.25, 0.3) is 0 Å². The van der Waals surface area contributed by atoms with Crippen molar-refractivity contribution >= 4 is 21.8 Å². The average Bonchev–Trinajstić information content (AvgIpc) is 2.35. The largest absolute Gasteiger partial charge is 0.496 e. The monoisotopic (exact) mass is 341 g/mol. The second-order valence-corrected chi connectivity index (χ2v) is 7.07. The average molecular weight is 342 g/mol. The fraction of sp³-hybridized carbons (Fsp3) is 0.562. The van der Waals surface area contributed by atoms with Crippen molar-refractivity contribution in [1.29, 1.82) is 0 Å². The van der Waals surface area contributed by atoms with Gasteiger partial charge in [0.15, 0.2) is 0 Å². The van der Waals surface area contributed by atoms with E-state index in [9.17, 15) is 4.79 Å². The van der Waals surface area contributed by atoms with Crippen LogP contribution in [0.2, 0.25) is 0 Å². The van der Waals surface area contributed by atoms with E-state index < -0.39 is 0 Å². The summed E-state index contributed by atoms with van der Waals surface area (Å²) in [5.41, 5.74) is 1.20. The van der Waals surface area contributed by atoms with Gasteiger partial charge in [0.2, 0.25) is 5.91 Å². The van der Waals surface area contributed by atoms with Gasteiger partial charge in [-0.15, -0.1) is 0 Å². The van der Waals surface area contributed by atoms with Gasteiger partial charge in [-0.1, -0.05) is 33.8 Å². The summed E-state index contributed by atoms with van der Waals surface area (Å²) in [6.07, 6.45) is 0.556. The molecule has 0 saturated carbocycles. The van der Waals surface area contributed by atoms with E-state index in [0.717, 1.165) is 15.8 Å². The number of benzene rings is 1. The first-order valence-electron chi connectivity index (χ1n) is 6.83. The predicted octanol–water partition coefficient (Wildman–Crippen LogP) is 4.15. The fourth-order valence-electron chi connectivity index (χ4n) is 1.68. The number of hydrogen-bond acceptors (Lipinski definition) is 2. The summed E-state index contributed by atoms with van der Waals surface area (Å²) < 4.78 is 6.08. The third-order valence-electron chi connectivity index (χ3n) is 3.68. The highest BCUT2D eigenvalue weighted by molar-refractivity contribution is 9.10. The molecule has 0 radical (unpaired) electrons. The summed E-state index contributed by atoms with van der Waals surface area (Å²) >= 11 is 3.44. The molecule has 0 aliphatic rings. The molecule has 0 saturated heterocycles. The van der Waals surface area contributed by atoms with Crippen molar-refractivity contribution in [2.45, 2.75) is 40.7 Å². The van der Waals surface area contributed by atoms with Crippen LogP contribution in [0.15, 0.2) is 22.7 Å². The van der Waals surface area contributed by atoms with Crippen molar-refractivity contribution in [2.75, 3.05) is 7.11 Å².